The molecule has 7 heteroatoms. The summed E-state index contributed by atoms with van der Waals surface area (Å²) in [5.41, 5.74) is 3.94. The number of carbonyl (C=O) groups excluding carboxylic acids is 2. The third-order valence-electron chi connectivity index (χ3n) is 4.49. The highest BCUT2D eigenvalue weighted by molar-refractivity contribution is 7.19. The largest absolute Gasteiger partial charge is 0.331 e. The molecule has 3 rings (SSSR count). The first-order valence-electron chi connectivity index (χ1n) is 9.25. The fourth-order valence-corrected chi connectivity index (χ4v) is 3.90. The Morgan fingerprint density at radius 3 is 2.24 bits per heavy atom. The molecular formula is C22H23N3O3S. The van der Waals surface area contributed by atoms with Gasteiger partial charge in [-0.3, -0.25) is 15.3 Å². The molecule has 4 N–H and O–H groups in total. The summed E-state index contributed by atoms with van der Waals surface area (Å²) in [5, 5.41) is 15.4. The summed E-state index contributed by atoms with van der Waals surface area (Å²) in [6, 6.07) is 20.1. The lowest BCUT2D eigenvalue weighted by molar-refractivity contribution is 0.0706. The summed E-state index contributed by atoms with van der Waals surface area (Å²) in [7, 11) is 0. The van der Waals surface area contributed by atoms with Gasteiger partial charge in [0, 0.05) is 10.4 Å². The summed E-state index contributed by atoms with van der Waals surface area (Å²) >= 11 is 1.51. The zero-order valence-corrected chi connectivity index (χ0v) is 17.0. The van der Waals surface area contributed by atoms with E-state index in [0.717, 1.165) is 21.0 Å². The number of amides is 3. The zero-order chi connectivity index (χ0) is 20.8. The number of rotatable bonds is 6. The van der Waals surface area contributed by atoms with Crippen molar-refractivity contribution >= 4 is 28.3 Å². The third-order valence-corrected chi connectivity index (χ3v) is 5.54. The Hall–Kier alpha value is -3.16. The van der Waals surface area contributed by atoms with Gasteiger partial charge in [0.15, 0.2) is 0 Å². The van der Waals surface area contributed by atoms with Crippen LogP contribution in [0.2, 0.25) is 0 Å². The number of thiophene rings is 1. The van der Waals surface area contributed by atoms with Crippen molar-refractivity contribution < 1.29 is 14.8 Å². The SMILES string of the molecule is CC(C)[C@@H](NC(=O)Nc1ccc(-c2ccccc2)s1)c1ccc(C(=O)NO)cc1. The molecule has 0 radical (unpaired) electrons. The van der Waals surface area contributed by atoms with Gasteiger partial charge in [0.2, 0.25) is 0 Å². The van der Waals surface area contributed by atoms with E-state index in [0.29, 0.717) is 5.56 Å². The van der Waals surface area contributed by atoms with E-state index in [1.165, 1.54) is 11.3 Å². The maximum Gasteiger partial charge on any atom is 0.320 e. The highest BCUT2D eigenvalue weighted by Gasteiger charge is 2.19. The molecule has 3 amide bonds. The lowest BCUT2D eigenvalue weighted by Crippen LogP contribution is -2.35. The number of urea groups is 1. The molecule has 0 unspecified atom stereocenters. The van der Waals surface area contributed by atoms with Crippen LogP contribution in [0.3, 0.4) is 0 Å². The summed E-state index contributed by atoms with van der Waals surface area (Å²) < 4.78 is 0. The molecule has 3 aromatic rings. The molecule has 0 aliphatic rings. The molecule has 0 fully saturated rings. The van der Waals surface area contributed by atoms with Gasteiger partial charge in [0.25, 0.3) is 5.91 Å². The van der Waals surface area contributed by atoms with Gasteiger partial charge >= 0.3 is 6.03 Å². The normalized spacial score (nSPS) is 11.7. The van der Waals surface area contributed by atoms with Crippen LogP contribution in [-0.4, -0.2) is 17.1 Å². The Morgan fingerprint density at radius 2 is 1.62 bits per heavy atom. The summed E-state index contributed by atoms with van der Waals surface area (Å²) in [5.74, 6) is -0.434. The van der Waals surface area contributed by atoms with Crippen molar-refractivity contribution in [3.05, 3.63) is 77.9 Å². The van der Waals surface area contributed by atoms with Crippen molar-refractivity contribution in [3.63, 3.8) is 0 Å². The van der Waals surface area contributed by atoms with E-state index in [2.05, 4.69) is 10.6 Å². The average molecular weight is 410 g/mol. The van der Waals surface area contributed by atoms with Crippen LogP contribution >= 0.6 is 11.3 Å². The highest BCUT2D eigenvalue weighted by Crippen LogP contribution is 2.31. The Morgan fingerprint density at radius 1 is 0.931 bits per heavy atom. The van der Waals surface area contributed by atoms with Crippen molar-refractivity contribution in [3.8, 4) is 10.4 Å². The number of hydroxylamine groups is 1. The Balaban J connectivity index is 1.67. The molecular weight excluding hydrogens is 386 g/mol. The number of carbonyl (C=O) groups is 2. The van der Waals surface area contributed by atoms with Crippen molar-refractivity contribution in [1.29, 1.82) is 0 Å². The maximum absolute atomic E-state index is 12.6. The highest BCUT2D eigenvalue weighted by atomic mass is 32.1. The number of anilines is 1. The molecule has 2 aromatic carbocycles. The van der Waals surface area contributed by atoms with Gasteiger partial charge in [-0.15, -0.1) is 11.3 Å². The predicted octanol–water partition coefficient (Wildman–Crippen LogP) is 5.05. The molecule has 150 valence electrons. The molecule has 0 aliphatic heterocycles. The van der Waals surface area contributed by atoms with Crippen LogP contribution in [0.15, 0.2) is 66.7 Å². The number of hydrogen-bond donors (Lipinski definition) is 4. The van der Waals surface area contributed by atoms with Gasteiger partial charge < -0.3 is 5.32 Å². The molecule has 0 saturated heterocycles. The van der Waals surface area contributed by atoms with Gasteiger partial charge in [-0.1, -0.05) is 56.3 Å². The fraction of sp³-hybridized carbons (Fsp3) is 0.182. The van der Waals surface area contributed by atoms with Gasteiger partial charge in [0.05, 0.1) is 11.0 Å². The number of benzene rings is 2. The van der Waals surface area contributed by atoms with Crippen LogP contribution in [-0.2, 0) is 0 Å². The Bertz CT molecular complexity index is 968. The minimum absolute atomic E-state index is 0.140. The summed E-state index contributed by atoms with van der Waals surface area (Å²) in [4.78, 5) is 25.1. The lowest BCUT2D eigenvalue weighted by Gasteiger charge is -2.23. The first kappa shape index (κ1) is 20.6. The van der Waals surface area contributed by atoms with E-state index >= 15 is 0 Å². The summed E-state index contributed by atoms with van der Waals surface area (Å²) in [6.07, 6.45) is 0. The van der Waals surface area contributed by atoms with Gasteiger partial charge in [-0.25, -0.2) is 10.3 Å². The maximum atomic E-state index is 12.6. The first-order valence-corrected chi connectivity index (χ1v) is 10.1. The minimum atomic E-state index is -0.574. The van der Waals surface area contributed by atoms with E-state index in [1.807, 2.05) is 56.3 Å². The third kappa shape index (κ3) is 5.22. The topological polar surface area (TPSA) is 90.5 Å². The second-order valence-corrected chi connectivity index (χ2v) is 8.00. The van der Waals surface area contributed by atoms with Crippen LogP contribution < -0.4 is 16.1 Å². The second-order valence-electron chi connectivity index (χ2n) is 6.91. The van der Waals surface area contributed by atoms with Crippen molar-refractivity contribution in [2.24, 2.45) is 5.92 Å². The van der Waals surface area contributed by atoms with E-state index in [-0.39, 0.29) is 18.0 Å². The molecule has 1 atom stereocenters. The van der Waals surface area contributed by atoms with Gasteiger partial charge in [0.1, 0.15) is 0 Å². The van der Waals surface area contributed by atoms with Crippen LogP contribution in [0.25, 0.3) is 10.4 Å². The molecule has 0 spiro atoms. The Kier molecular flexibility index (Phi) is 6.64. The molecule has 0 aliphatic carbocycles. The fourth-order valence-electron chi connectivity index (χ4n) is 2.99. The minimum Gasteiger partial charge on any atom is -0.331 e. The van der Waals surface area contributed by atoms with Crippen LogP contribution in [0.5, 0.6) is 0 Å². The Labute approximate surface area is 173 Å². The average Bonchev–Trinajstić information content (AvgIpc) is 3.20. The van der Waals surface area contributed by atoms with Crippen LogP contribution in [0, 0.1) is 5.92 Å². The van der Waals surface area contributed by atoms with E-state index in [1.54, 1.807) is 29.7 Å². The first-order chi connectivity index (χ1) is 14.0. The van der Waals surface area contributed by atoms with E-state index in [4.69, 9.17) is 5.21 Å². The van der Waals surface area contributed by atoms with Crippen LogP contribution in [0.1, 0.15) is 35.8 Å². The van der Waals surface area contributed by atoms with E-state index in [9.17, 15) is 9.59 Å². The van der Waals surface area contributed by atoms with Gasteiger partial charge in [-0.2, -0.15) is 0 Å². The van der Waals surface area contributed by atoms with Crippen molar-refractivity contribution in [2.75, 3.05) is 5.32 Å². The predicted molar refractivity (Wildman–Crippen MR) is 115 cm³/mol. The molecule has 0 saturated carbocycles. The monoisotopic (exact) mass is 409 g/mol. The second kappa shape index (κ2) is 9.36. The summed E-state index contributed by atoms with van der Waals surface area (Å²) in [6.45, 7) is 4.02. The molecule has 1 heterocycles. The quantitative estimate of drug-likeness (QED) is 0.339. The standard InChI is InChI=1S/C22H23N3O3S/c1-14(2)20(16-8-10-17(11-9-16)21(26)25-28)24-22(27)23-19-13-12-18(29-19)15-6-4-3-5-7-15/h3-14,20,28H,1-2H3,(H,25,26)(H2,23,24,27)/t20-/m1/s1. The van der Waals surface area contributed by atoms with Crippen molar-refractivity contribution in [1.82, 2.24) is 10.8 Å². The van der Waals surface area contributed by atoms with Crippen molar-refractivity contribution in [2.45, 2.75) is 19.9 Å². The van der Waals surface area contributed by atoms with Crippen LogP contribution in [0.4, 0.5) is 9.80 Å². The number of nitrogens with one attached hydrogen (secondary N) is 3. The molecule has 29 heavy (non-hydrogen) atoms. The molecule has 6 nitrogen and oxygen atoms in total. The smallest absolute Gasteiger partial charge is 0.320 e. The van der Waals surface area contributed by atoms with E-state index < -0.39 is 5.91 Å². The molecule has 0 bridgehead atoms. The molecule has 1 aromatic heterocycles. The van der Waals surface area contributed by atoms with Gasteiger partial charge in [-0.05, 0) is 41.3 Å². The number of hydrogen-bond acceptors (Lipinski definition) is 4. The zero-order valence-electron chi connectivity index (χ0n) is 16.2. The lowest BCUT2D eigenvalue weighted by atomic mass is 9.95.